The highest BCUT2D eigenvalue weighted by Gasteiger charge is 2.22. The van der Waals surface area contributed by atoms with Crippen molar-refractivity contribution < 1.29 is 23.4 Å². The van der Waals surface area contributed by atoms with Gasteiger partial charge in [0.2, 0.25) is 0 Å². The molecule has 0 radical (unpaired) electrons. The van der Waals surface area contributed by atoms with Gasteiger partial charge in [0.15, 0.2) is 18.0 Å². The average Bonchev–Trinajstić information content (AvgIpc) is 3.28. The van der Waals surface area contributed by atoms with E-state index in [2.05, 4.69) is 25.5 Å². The number of amides is 1. The molecule has 1 amide bonds. The number of aryl methyl sites for hydroxylation is 1. The Morgan fingerprint density at radius 1 is 1.30 bits per heavy atom. The molecule has 0 spiro atoms. The Morgan fingerprint density at radius 3 is 2.92 bits per heavy atom. The van der Waals surface area contributed by atoms with Gasteiger partial charge < -0.3 is 24.9 Å². The van der Waals surface area contributed by atoms with Gasteiger partial charge in [0.1, 0.15) is 18.2 Å². The summed E-state index contributed by atoms with van der Waals surface area (Å²) in [5.41, 5.74) is 3.13. The smallest absolute Gasteiger partial charge is 0.254 e. The van der Waals surface area contributed by atoms with Crippen molar-refractivity contribution in [3.63, 3.8) is 0 Å². The molecule has 1 aliphatic heterocycles. The molecule has 1 atom stereocenters. The molecule has 3 aromatic rings. The second-order valence-corrected chi connectivity index (χ2v) is 9.75. The molecule has 1 saturated carbocycles. The van der Waals surface area contributed by atoms with Gasteiger partial charge in [-0.25, -0.2) is 14.4 Å². The minimum absolute atomic E-state index is 0.0309. The summed E-state index contributed by atoms with van der Waals surface area (Å²) in [4.78, 5) is 22.8. The molecule has 1 unspecified atom stereocenters. The van der Waals surface area contributed by atoms with E-state index >= 15 is 0 Å². The highest BCUT2D eigenvalue weighted by atomic mass is 19.1. The van der Waals surface area contributed by atoms with Crippen molar-refractivity contribution in [2.24, 2.45) is 0 Å². The molecule has 0 saturated heterocycles. The molecule has 1 aliphatic carbocycles. The van der Waals surface area contributed by atoms with Crippen molar-refractivity contribution in [3.05, 3.63) is 70.8 Å². The fourth-order valence-electron chi connectivity index (χ4n) is 4.57. The molecule has 3 N–H and O–H groups in total. The van der Waals surface area contributed by atoms with Crippen LogP contribution in [-0.4, -0.2) is 57.7 Å². The third-order valence-electron chi connectivity index (χ3n) is 7.01. The molecular formula is C27H32FN5O4. The van der Waals surface area contributed by atoms with Crippen LogP contribution in [0.25, 0.3) is 0 Å². The predicted octanol–water partition coefficient (Wildman–Crippen LogP) is 3.21. The molecule has 5 rings (SSSR count). The van der Waals surface area contributed by atoms with E-state index in [1.165, 1.54) is 23.6 Å². The van der Waals surface area contributed by atoms with Gasteiger partial charge in [0, 0.05) is 32.2 Å². The first-order chi connectivity index (χ1) is 17.9. The van der Waals surface area contributed by atoms with E-state index in [4.69, 9.17) is 9.15 Å². The highest BCUT2D eigenvalue weighted by molar-refractivity contribution is 5.95. The molecular weight excluding hydrogens is 477 g/mol. The van der Waals surface area contributed by atoms with Gasteiger partial charge in [0.05, 0.1) is 23.6 Å². The molecule has 3 heterocycles. The lowest BCUT2D eigenvalue weighted by Crippen LogP contribution is -2.42. The molecule has 2 aromatic heterocycles. The van der Waals surface area contributed by atoms with Crippen LogP contribution in [0.4, 0.5) is 10.2 Å². The molecule has 0 bridgehead atoms. The van der Waals surface area contributed by atoms with Gasteiger partial charge >= 0.3 is 0 Å². The van der Waals surface area contributed by atoms with E-state index in [1.807, 2.05) is 25.1 Å². The maximum absolute atomic E-state index is 14.2. The highest BCUT2D eigenvalue weighted by Crippen LogP contribution is 2.25. The number of rotatable bonds is 10. The lowest BCUT2D eigenvalue weighted by Gasteiger charge is -2.30. The van der Waals surface area contributed by atoms with Gasteiger partial charge in [-0.1, -0.05) is 6.07 Å². The van der Waals surface area contributed by atoms with E-state index < -0.39 is 17.8 Å². The zero-order valence-corrected chi connectivity index (χ0v) is 20.9. The average molecular weight is 510 g/mol. The summed E-state index contributed by atoms with van der Waals surface area (Å²) >= 11 is 0. The number of anilines is 1. The van der Waals surface area contributed by atoms with Gasteiger partial charge in [-0.3, -0.25) is 9.69 Å². The fraction of sp³-hybridized carbons (Fsp3) is 0.444. The molecule has 9 nitrogen and oxygen atoms in total. The Balaban J connectivity index is 1.09. The summed E-state index contributed by atoms with van der Waals surface area (Å²) in [7, 11) is 0. The summed E-state index contributed by atoms with van der Waals surface area (Å²) in [5, 5.41) is 16.4. The minimum Gasteiger partial charge on any atom is -0.486 e. The van der Waals surface area contributed by atoms with Crippen LogP contribution in [0.2, 0.25) is 0 Å². The molecule has 196 valence electrons. The summed E-state index contributed by atoms with van der Waals surface area (Å²) in [6.45, 7) is 4.11. The minimum atomic E-state index is -0.782. The Morgan fingerprint density at radius 2 is 2.16 bits per heavy atom. The summed E-state index contributed by atoms with van der Waals surface area (Å²) in [5.74, 6) is 0.735. The number of aromatic nitrogens is 2. The summed E-state index contributed by atoms with van der Waals surface area (Å²) in [6, 6.07) is 7.78. The van der Waals surface area contributed by atoms with Crippen LogP contribution >= 0.6 is 0 Å². The number of fused-ring (bicyclic) bond motifs is 1. The van der Waals surface area contributed by atoms with Crippen molar-refractivity contribution >= 4 is 11.7 Å². The van der Waals surface area contributed by atoms with Gasteiger partial charge in [-0.15, -0.1) is 0 Å². The van der Waals surface area contributed by atoms with Crippen LogP contribution in [0.5, 0.6) is 5.75 Å². The number of hydrogen-bond donors (Lipinski definition) is 3. The maximum Gasteiger partial charge on any atom is 0.254 e. The number of pyridine rings is 1. The van der Waals surface area contributed by atoms with E-state index in [1.54, 1.807) is 0 Å². The molecule has 1 aromatic carbocycles. The Bertz CT molecular complexity index is 1250. The first-order valence-corrected chi connectivity index (χ1v) is 12.7. The normalized spacial score (nSPS) is 16.5. The lowest BCUT2D eigenvalue weighted by atomic mass is 9.93. The molecule has 37 heavy (non-hydrogen) atoms. The largest absolute Gasteiger partial charge is 0.486 e. The second-order valence-electron chi connectivity index (χ2n) is 9.75. The summed E-state index contributed by atoms with van der Waals surface area (Å²) < 4.78 is 25.4. The van der Waals surface area contributed by atoms with Crippen molar-refractivity contribution in [1.82, 2.24) is 20.2 Å². The third kappa shape index (κ3) is 6.26. The number of ether oxygens (including phenoxy) is 1. The number of nitrogens with one attached hydrogen (secondary N) is 2. The van der Waals surface area contributed by atoms with Crippen LogP contribution in [0.1, 0.15) is 52.2 Å². The van der Waals surface area contributed by atoms with E-state index in [9.17, 15) is 14.3 Å². The summed E-state index contributed by atoms with van der Waals surface area (Å²) in [6.07, 6.45) is 5.77. The van der Waals surface area contributed by atoms with Gasteiger partial charge in [0.25, 0.3) is 5.91 Å². The van der Waals surface area contributed by atoms with Crippen LogP contribution in [0, 0.1) is 12.7 Å². The fourth-order valence-corrected chi connectivity index (χ4v) is 4.57. The Labute approximate surface area is 215 Å². The van der Waals surface area contributed by atoms with Crippen molar-refractivity contribution in [1.29, 1.82) is 0 Å². The second kappa shape index (κ2) is 11.3. The number of carbonyl (C=O) groups excluding carboxylic acids is 1. The van der Waals surface area contributed by atoms with Gasteiger partial charge in [-0.05, 0) is 61.9 Å². The zero-order chi connectivity index (χ0) is 25.8. The maximum atomic E-state index is 14.2. The number of carbonyl (C=O) groups is 1. The van der Waals surface area contributed by atoms with E-state index in [-0.39, 0.29) is 12.1 Å². The monoisotopic (exact) mass is 509 g/mol. The molecule has 1 fully saturated rings. The SMILES string of the molecule is Cc1ncoc1COc1ccc2c(c1)CCN(CC(O)CNC(=O)c1cc(NC3CCC3)ncc1F)C2. The molecule has 10 heteroatoms. The number of benzene rings is 1. The van der Waals surface area contributed by atoms with Crippen molar-refractivity contribution in [2.45, 2.75) is 57.9 Å². The quantitative estimate of drug-likeness (QED) is 0.382. The number of β-amino-alcohol motifs (C(OH)–C–C–N with tert-alkyl or cyclic N) is 1. The topological polar surface area (TPSA) is 113 Å². The van der Waals surface area contributed by atoms with Crippen LogP contribution in [0.3, 0.4) is 0 Å². The third-order valence-corrected chi connectivity index (χ3v) is 7.01. The Hall–Kier alpha value is -3.50. The van der Waals surface area contributed by atoms with E-state index in [0.29, 0.717) is 37.3 Å². The van der Waals surface area contributed by atoms with Crippen LogP contribution in [0.15, 0.2) is 41.3 Å². The Kier molecular flexibility index (Phi) is 7.66. The van der Waals surface area contributed by atoms with Crippen LogP contribution in [-0.2, 0) is 19.6 Å². The zero-order valence-electron chi connectivity index (χ0n) is 20.9. The van der Waals surface area contributed by atoms with E-state index in [0.717, 1.165) is 49.9 Å². The number of oxazole rings is 1. The number of aliphatic hydroxyl groups is 1. The van der Waals surface area contributed by atoms with Crippen molar-refractivity contribution in [3.8, 4) is 5.75 Å². The first-order valence-electron chi connectivity index (χ1n) is 12.7. The predicted molar refractivity (Wildman–Crippen MR) is 135 cm³/mol. The lowest BCUT2D eigenvalue weighted by molar-refractivity contribution is 0.0838. The number of aliphatic hydroxyl groups excluding tert-OH is 1. The number of hydrogen-bond acceptors (Lipinski definition) is 8. The molecule has 2 aliphatic rings. The first kappa shape index (κ1) is 25.2. The standard InChI is InChI=1S/C27H32FN5O4/c1-17-25(37-16-31-17)15-36-22-6-5-19-13-33(8-7-18(19)9-22)14-21(34)11-30-27(35)23-10-26(29-12-24(23)28)32-20-3-2-4-20/h5-6,9-10,12,16,20-21,34H,2-4,7-8,11,13-15H2,1H3,(H,29,32)(H,30,35). The number of halogens is 1. The van der Waals surface area contributed by atoms with Gasteiger partial charge in [-0.2, -0.15) is 0 Å². The number of nitrogens with zero attached hydrogens (tertiary/aromatic N) is 3. The van der Waals surface area contributed by atoms with Crippen LogP contribution < -0.4 is 15.4 Å². The van der Waals surface area contributed by atoms with Crippen molar-refractivity contribution in [2.75, 3.05) is 25.0 Å².